The van der Waals surface area contributed by atoms with E-state index in [9.17, 15) is 34.2 Å². The fourth-order valence-electron chi connectivity index (χ4n) is 5.90. The van der Waals surface area contributed by atoms with Gasteiger partial charge in [0.2, 0.25) is 0 Å². The molecule has 4 N–H and O–H groups in total. The predicted octanol–water partition coefficient (Wildman–Crippen LogP) is 3.03. The van der Waals surface area contributed by atoms with Gasteiger partial charge >= 0.3 is 17.6 Å². The van der Waals surface area contributed by atoms with Crippen molar-refractivity contribution >= 4 is 23.0 Å². The van der Waals surface area contributed by atoms with Crippen molar-refractivity contribution in [3.63, 3.8) is 0 Å². The number of nitrogens with zero attached hydrogens (tertiary/aromatic N) is 4. The molecular weight excluding hydrogens is 580 g/mol. The lowest BCUT2D eigenvalue weighted by molar-refractivity contribution is 0.0686. The first-order chi connectivity index (χ1) is 21.4. The summed E-state index contributed by atoms with van der Waals surface area (Å²) in [5.41, 5.74) is 2.50. The van der Waals surface area contributed by atoms with Crippen molar-refractivity contribution in [2.24, 2.45) is 14.1 Å². The molecule has 13 heteroatoms. The molecule has 0 aliphatic carbocycles. The molecule has 0 aliphatic heterocycles. The largest absolute Gasteiger partial charge is 0.478 e. The van der Waals surface area contributed by atoms with Crippen LogP contribution in [0.1, 0.15) is 54.7 Å². The van der Waals surface area contributed by atoms with E-state index in [1.165, 1.54) is 54.9 Å². The minimum atomic E-state index is -1.15. The monoisotopic (exact) mass is 608 g/mol. The smallest absolute Gasteiger partial charge is 0.335 e. The highest BCUT2D eigenvalue weighted by atomic mass is 16.4. The molecule has 0 fully saturated rings. The van der Waals surface area contributed by atoms with E-state index < -0.39 is 29.0 Å². The standard InChI is InChI=1S/C32H28N6O7/c1-16-25(28(39)37(33-16)21-9-5-7-19(13-21)30(41)42)27(18-11-12-23-24(15-18)36(4)32(45)35(23)3)26-17(2)34-38(29(26)40)22-10-6-8-20(14-22)31(43)44/h5-15,27,33-34H,1-4H3,(H,41,42)(H,43,44). The molecule has 3 heterocycles. The third-order valence-corrected chi connectivity index (χ3v) is 8.14. The zero-order chi connectivity index (χ0) is 32.3. The second-order valence-corrected chi connectivity index (χ2v) is 10.9. The number of aryl methyl sites for hydroxylation is 4. The van der Waals surface area contributed by atoms with Gasteiger partial charge in [0.15, 0.2) is 0 Å². The molecule has 0 radical (unpaired) electrons. The number of aromatic nitrogens is 6. The second kappa shape index (κ2) is 10.6. The van der Waals surface area contributed by atoms with Gasteiger partial charge in [-0.05, 0) is 67.9 Å². The lowest BCUT2D eigenvalue weighted by Crippen LogP contribution is -2.25. The van der Waals surface area contributed by atoms with E-state index in [1.54, 1.807) is 58.3 Å². The Morgan fingerprint density at radius 2 is 1.13 bits per heavy atom. The molecule has 13 nitrogen and oxygen atoms in total. The molecule has 3 aromatic carbocycles. The van der Waals surface area contributed by atoms with Gasteiger partial charge in [0.05, 0.1) is 44.7 Å². The van der Waals surface area contributed by atoms with Crippen LogP contribution in [0.15, 0.2) is 81.1 Å². The summed E-state index contributed by atoms with van der Waals surface area (Å²) in [5, 5.41) is 25.1. The summed E-state index contributed by atoms with van der Waals surface area (Å²) in [5.74, 6) is -3.24. The Hall–Kier alpha value is -6.11. The Morgan fingerprint density at radius 1 is 0.667 bits per heavy atom. The van der Waals surface area contributed by atoms with Crippen LogP contribution in [0.5, 0.6) is 0 Å². The SMILES string of the molecule is Cc1[nH]n(-c2cccc(C(=O)O)c2)c(=O)c1C(c1ccc2c(c1)n(C)c(=O)n2C)c1c(C)[nH]n(-c2cccc(C(=O)O)c2)c1=O. The molecule has 0 unspecified atom stereocenters. The fourth-order valence-corrected chi connectivity index (χ4v) is 5.90. The quantitative estimate of drug-likeness (QED) is 0.215. The first-order valence-electron chi connectivity index (χ1n) is 13.8. The van der Waals surface area contributed by atoms with Crippen molar-refractivity contribution in [1.29, 1.82) is 0 Å². The molecule has 0 aliphatic rings. The van der Waals surface area contributed by atoms with E-state index >= 15 is 0 Å². The Bertz CT molecular complexity index is 2250. The van der Waals surface area contributed by atoms with Crippen molar-refractivity contribution in [2.45, 2.75) is 19.8 Å². The van der Waals surface area contributed by atoms with Crippen LogP contribution in [0, 0.1) is 13.8 Å². The Kier molecular flexibility index (Phi) is 6.80. The zero-order valence-corrected chi connectivity index (χ0v) is 24.7. The minimum Gasteiger partial charge on any atom is -0.478 e. The van der Waals surface area contributed by atoms with Crippen LogP contribution < -0.4 is 16.8 Å². The van der Waals surface area contributed by atoms with Gasteiger partial charge in [-0.1, -0.05) is 18.2 Å². The average molecular weight is 609 g/mol. The third-order valence-electron chi connectivity index (χ3n) is 8.14. The topological polar surface area (TPSA) is 177 Å². The van der Waals surface area contributed by atoms with Crippen LogP contribution in [0.3, 0.4) is 0 Å². The molecular formula is C32H28N6O7. The van der Waals surface area contributed by atoms with Gasteiger partial charge < -0.3 is 10.2 Å². The van der Waals surface area contributed by atoms with E-state index in [2.05, 4.69) is 10.2 Å². The van der Waals surface area contributed by atoms with E-state index in [0.29, 0.717) is 39.4 Å². The maximum atomic E-state index is 14.2. The number of hydrogen-bond donors (Lipinski definition) is 4. The third kappa shape index (κ3) is 4.61. The van der Waals surface area contributed by atoms with Gasteiger partial charge in [-0.2, -0.15) is 0 Å². The summed E-state index contributed by atoms with van der Waals surface area (Å²) >= 11 is 0. The lowest BCUT2D eigenvalue weighted by Gasteiger charge is -2.16. The molecule has 0 saturated heterocycles. The number of carboxylic acids is 2. The fraction of sp³-hybridized carbons (Fsp3) is 0.156. The number of carbonyl (C=O) groups is 2. The van der Waals surface area contributed by atoms with Crippen LogP contribution in [0.2, 0.25) is 0 Å². The number of aromatic carboxylic acids is 2. The van der Waals surface area contributed by atoms with Gasteiger partial charge in [0, 0.05) is 31.4 Å². The number of imidazole rings is 1. The molecule has 45 heavy (non-hydrogen) atoms. The van der Waals surface area contributed by atoms with Gasteiger partial charge in [-0.3, -0.25) is 28.9 Å². The van der Waals surface area contributed by atoms with Crippen molar-refractivity contribution < 1.29 is 19.8 Å². The van der Waals surface area contributed by atoms with Gasteiger partial charge in [0.1, 0.15) is 0 Å². The summed E-state index contributed by atoms with van der Waals surface area (Å²) < 4.78 is 5.45. The van der Waals surface area contributed by atoms with Crippen molar-refractivity contribution in [3.8, 4) is 11.4 Å². The number of aromatic amines is 2. The van der Waals surface area contributed by atoms with Crippen molar-refractivity contribution in [3.05, 3.63) is 137 Å². The highest BCUT2D eigenvalue weighted by Gasteiger charge is 2.31. The number of benzene rings is 3. The van der Waals surface area contributed by atoms with Crippen molar-refractivity contribution in [1.82, 2.24) is 28.7 Å². The Labute approximate surface area is 253 Å². The summed E-state index contributed by atoms with van der Waals surface area (Å²) in [6, 6.07) is 17.1. The number of carboxylic acid groups (broad SMARTS) is 2. The average Bonchev–Trinajstić information content (AvgIpc) is 3.57. The molecule has 3 aromatic heterocycles. The second-order valence-electron chi connectivity index (χ2n) is 10.9. The van der Waals surface area contributed by atoms with Gasteiger partial charge in [0.25, 0.3) is 11.1 Å². The molecule has 0 saturated carbocycles. The van der Waals surface area contributed by atoms with E-state index in [0.717, 1.165) is 0 Å². The summed E-state index contributed by atoms with van der Waals surface area (Å²) in [4.78, 5) is 64.4. The Balaban J connectivity index is 1.63. The highest BCUT2D eigenvalue weighted by molar-refractivity contribution is 5.88. The van der Waals surface area contributed by atoms with Crippen LogP contribution in [-0.4, -0.2) is 50.8 Å². The highest BCUT2D eigenvalue weighted by Crippen LogP contribution is 2.34. The molecule has 0 amide bonds. The number of H-pyrrole nitrogens is 2. The number of hydrogen-bond acceptors (Lipinski definition) is 5. The van der Waals surface area contributed by atoms with Crippen LogP contribution >= 0.6 is 0 Å². The molecule has 228 valence electrons. The molecule has 0 spiro atoms. The molecule has 0 bridgehead atoms. The minimum absolute atomic E-state index is 0.00634. The van der Waals surface area contributed by atoms with E-state index in [1.807, 2.05) is 0 Å². The molecule has 6 rings (SSSR count). The molecule has 6 aromatic rings. The number of nitrogens with one attached hydrogen (secondary N) is 2. The van der Waals surface area contributed by atoms with Crippen LogP contribution in [0.25, 0.3) is 22.4 Å². The normalized spacial score (nSPS) is 11.5. The number of rotatable bonds is 7. The maximum absolute atomic E-state index is 14.2. The van der Waals surface area contributed by atoms with Gasteiger partial charge in [-0.25, -0.2) is 23.7 Å². The van der Waals surface area contributed by atoms with Crippen LogP contribution in [0.4, 0.5) is 0 Å². The van der Waals surface area contributed by atoms with E-state index in [4.69, 9.17) is 0 Å². The number of fused-ring (bicyclic) bond motifs is 1. The predicted molar refractivity (Wildman–Crippen MR) is 165 cm³/mol. The first kappa shape index (κ1) is 29.0. The molecule has 0 atom stereocenters. The lowest BCUT2D eigenvalue weighted by atomic mass is 9.85. The zero-order valence-electron chi connectivity index (χ0n) is 24.7. The summed E-state index contributed by atoms with van der Waals surface area (Å²) in [6.45, 7) is 3.38. The summed E-state index contributed by atoms with van der Waals surface area (Å²) in [7, 11) is 3.29. The summed E-state index contributed by atoms with van der Waals surface area (Å²) in [6.07, 6.45) is 0. The van der Waals surface area contributed by atoms with Crippen LogP contribution in [-0.2, 0) is 14.1 Å². The van der Waals surface area contributed by atoms with Crippen molar-refractivity contribution in [2.75, 3.05) is 0 Å². The maximum Gasteiger partial charge on any atom is 0.335 e. The van der Waals surface area contributed by atoms with Gasteiger partial charge in [-0.15, -0.1) is 0 Å². The Morgan fingerprint density at radius 3 is 1.60 bits per heavy atom. The van der Waals surface area contributed by atoms with E-state index in [-0.39, 0.29) is 27.9 Å². The first-order valence-corrected chi connectivity index (χ1v) is 13.8.